The zero-order chi connectivity index (χ0) is 10.7. The van der Waals surface area contributed by atoms with E-state index in [0.29, 0.717) is 5.41 Å². The first-order valence-electron chi connectivity index (χ1n) is 5.85. The Morgan fingerprint density at radius 1 is 1.43 bits per heavy atom. The molecule has 84 valence electrons. The van der Waals surface area contributed by atoms with Crippen molar-refractivity contribution in [3.63, 3.8) is 0 Å². The molecule has 2 nitrogen and oxygen atoms in total. The molecule has 0 heterocycles. The van der Waals surface area contributed by atoms with Crippen LogP contribution >= 0.6 is 0 Å². The Morgan fingerprint density at radius 2 is 2.07 bits per heavy atom. The maximum Gasteiger partial charge on any atom is 0.0496 e. The molecule has 0 aromatic heterocycles. The fourth-order valence-corrected chi connectivity index (χ4v) is 1.92. The molecule has 0 spiro atoms. The Labute approximate surface area is 88.1 Å². The van der Waals surface area contributed by atoms with Gasteiger partial charge in [-0.1, -0.05) is 27.2 Å². The van der Waals surface area contributed by atoms with Crippen LogP contribution in [-0.4, -0.2) is 24.8 Å². The molecule has 0 saturated heterocycles. The molecule has 1 rings (SSSR count). The number of rotatable bonds is 6. The first-order valence-corrected chi connectivity index (χ1v) is 5.85. The molecule has 0 radical (unpaired) electrons. The van der Waals surface area contributed by atoms with Crippen LogP contribution in [-0.2, 0) is 0 Å². The van der Waals surface area contributed by atoms with Crippen molar-refractivity contribution in [3.8, 4) is 0 Å². The molecule has 14 heavy (non-hydrogen) atoms. The average Bonchev–Trinajstić information content (AvgIpc) is 2.15. The van der Waals surface area contributed by atoms with Crippen LogP contribution in [0.3, 0.4) is 0 Å². The third-order valence-electron chi connectivity index (χ3n) is 3.90. The van der Waals surface area contributed by atoms with E-state index in [4.69, 9.17) is 0 Å². The molecule has 1 atom stereocenters. The van der Waals surface area contributed by atoms with Gasteiger partial charge in [0, 0.05) is 25.1 Å². The van der Waals surface area contributed by atoms with Crippen LogP contribution in [0.15, 0.2) is 0 Å². The summed E-state index contributed by atoms with van der Waals surface area (Å²) in [5.74, 6) is 0. The first-order chi connectivity index (χ1) is 6.54. The van der Waals surface area contributed by atoms with Crippen LogP contribution < -0.4 is 5.32 Å². The van der Waals surface area contributed by atoms with E-state index < -0.39 is 0 Å². The average molecular weight is 199 g/mol. The van der Waals surface area contributed by atoms with Gasteiger partial charge in [-0.25, -0.2) is 0 Å². The lowest BCUT2D eigenvalue weighted by atomic mass is 9.70. The van der Waals surface area contributed by atoms with Crippen LogP contribution in [0.25, 0.3) is 0 Å². The number of hydrogen-bond acceptors (Lipinski definition) is 2. The van der Waals surface area contributed by atoms with Crippen LogP contribution in [0.1, 0.15) is 46.5 Å². The summed E-state index contributed by atoms with van der Waals surface area (Å²) >= 11 is 0. The predicted octanol–water partition coefficient (Wildman–Crippen LogP) is 2.17. The van der Waals surface area contributed by atoms with Crippen molar-refractivity contribution in [2.24, 2.45) is 10.8 Å². The van der Waals surface area contributed by atoms with Crippen LogP contribution in [0.4, 0.5) is 0 Å². The lowest BCUT2D eigenvalue weighted by molar-refractivity contribution is 0.114. The van der Waals surface area contributed by atoms with E-state index in [1.165, 1.54) is 19.3 Å². The van der Waals surface area contributed by atoms with Gasteiger partial charge in [-0.05, 0) is 24.7 Å². The standard InChI is InChI=1S/C12H25NO/c1-4-11(2,10-14)8-13-9-12(3)6-5-7-12/h13-14H,4-10H2,1-3H3. The van der Waals surface area contributed by atoms with Crippen molar-refractivity contribution < 1.29 is 5.11 Å². The predicted molar refractivity (Wildman–Crippen MR) is 60.3 cm³/mol. The summed E-state index contributed by atoms with van der Waals surface area (Å²) in [6.45, 7) is 8.98. The van der Waals surface area contributed by atoms with Crippen LogP contribution in [0.5, 0.6) is 0 Å². The van der Waals surface area contributed by atoms with E-state index in [1.807, 2.05) is 0 Å². The van der Waals surface area contributed by atoms with Crippen molar-refractivity contribution in [2.75, 3.05) is 19.7 Å². The number of aliphatic hydroxyl groups excluding tert-OH is 1. The molecule has 1 saturated carbocycles. The van der Waals surface area contributed by atoms with Crippen LogP contribution in [0, 0.1) is 10.8 Å². The van der Waals surface area contributed by atoms with E-state index in [0.717, 1.165) is 19.5 Å². The van der Waals surface area contributed by atoms with Gasteiger partial charge < -0.3 is 10.4 Å². The lowest BCUT2D eigenvalue weighted by Crippen LogP contribution is -2.42. The molecule has 0 aliphatic heterocycles. The second kappa shape index (κ2) is 4.63. The van der Waals surface area contributed by atoms with Gasteiger partial charge in [0.05, 0.1) is 0 Å². The molecule has 0 aromatic rings. The normalized spacial score (nSPS) is 24.0. The summed E-state index contributed by atoms with van der Waals surface area (Å²) in [5.41, 5.74) is 0.615. The number of nitrogens with one attached hydrogen (secondary N) is 1. The first kappa shape index (κ1) is 12.0. The van der Waals surface area contributed by atoms with Gasteiger partial charge in [0.15, 0.2) is 0 Å². The second-order valence-corrected chi connectivity index (χ2v) is 5.59. The molecular formula is C12H25NO. The van der Waals surface area contributed by atoms with Gasteiger partial charge in [-0.15, -0.1) is 0 Å². The molecular weight excluding hydrogens is 174 g/mol. The fourth-order valence-electron chi connectivity index (χ4n) is 1.92. The summed E-state index contributed by atoms with van der Waals surface area (Å²) in [6, 6.07) is 0. The minimum atomic E-state index is 0.0696. The third kappa shape index (κ3) is 2.96. The zero-order valence-electron chi connectivity index (χ0n) is 9.90. The molecule has 1 aliphatic carbocycles. The van der Waals surface area contributed by atoms with Crippen molar-refractivity contribution in [3.05, 3.63) is 0 Å². The molecule has 1 unspecified atom stereocenters. The monoisotopic (exact) mass is 199 g/mol. The lowest BCUT2D eigenvalue weighted by Gasteiger charge is -2.39. The minimum absolute atomic E-state index is 0.0696. The molecule has 1 fully saturated rings. The quantitative estimate of drug-likeness (QED) is 0.687. The van der Waals surface area contributed by atoms with E-state index in [1.54, 1.807) is 0 Å². The van der Waals surface area contributed by atoms with Gasteiger partial charge in [-0.2, -0.15) is 0 Å². The third-order valence-corrected chi connectivity index (χ3v) is 3.90. The van der Waals surface area contributed by atoms with Crippen molar-refractivity contribution in [1.82, 2.24) is 5.32 Å². The minimum Gasteiger partial charge on any atom is -0.396 e. The Hall–Kier alpha value is -0.0800. The molecule has 2 N–H and O–H groups in total. The van der Waals surface area contributed by atoms with Crippen LogP contribution in [0.2, 0.25) is 0 Å². The van der Waals surface area contributed by atoms with Crippen molar-refractivity contribution in [2.45, 2.75) is 46.5 Å². The van der Waals surface area contributed by atoms with Crippen molar-refractivity contribution in [1.29, 1.82) is 0 Å². The van der Waals surface area contributed by atoms with Gasteiger partial charge in [0.1, 0.15) is 0 Å². The number of hydrogen-bond donors (Lipinski definition) is 2. The molecule has 0 amide bonds. The van der Waals surface area contributed by atoms with E-state index in [9.17, 15) is 5.11 Å². The van der Waals surface area contributed by atoms with Gasteiger partial charge in [-0.3, -0.25) is 0 Å². The largest absolute Gasteiger partial charge is 0.396 e. The summed E-state index contributed by atoms with van der Waals surface area (Å²) < 4.78 is 0. The summed E-state index contributed by atoms with van der Waals surface area (Å²) in [6.07, 6.45) is 5.15. The molecule has 0 bridgehead atoms. The SMILES string of the molecule is CCC(C)(CO)CNCC1(C)CCC1. The van der Waals surface area contributed by atoms with E-state index in [2.05, 4.69) is 26.1 Å². The maximum absolute atomic E-state index is 9.25. The smallest absolute Gasteiger partial charge is 0.0496 e. The van der Waals surface area contributed by atoms with E-state index in [-0.39, 0.29) is 12.0 Å². The van der Waals surface area contributed by atoms with E-state index >= 15 is 0 Å². The Balaban J connectivity index is 2.19. The zero-order valence-corrected chi connectivity index (χ0v) is 9.90. The Bertz CT molecular complexity index is 171. The van der Waals surface area contributed by atoms with Gasteiger partial charge in [0.2, 0.25) is 0 Å². The summed E-state index contributed by atoms with van der Waals surface area (Å²) in [7, 11) is 0. The highest BCUT2D eigenvalue weighted by molar-refractivity contribution is 4.86. The highest BCUT2D eigenvalue weighted by atomic mass is 16.3. The molecule has 1 aliphatic rings. The topological polar surface area (TPSA) is 32.3 Å². The summed E-state index contributed by atoms with van der Waals surface area (Å²) in [5, 5.41) is 12.8. The Morgan fingerprint density at radius 3 is 2.43 bits per heavy atom. The second-order valence-electron chi connectivity index (χ2n) is 5.59. The van der Waals surface area contributed by atoms with Gasteiger partial charge >= 0.3 is 0 Å². The van der Waals surface area contributed by atoms with Gasteiger partial charge in [0.25, 0.3) is 0 Å². The number of aliphatic hydroxyl groups is 1. The molecule has 2 heteroatoms. The Kier molecular flexibility index (Phi) is 3.96. The highest BCUT2D eigenvalue weighted by Gasteiger charge is 2.31. The summed E-state index contributed by atoms with van der Waals surface area (Å²) in [4.78, 5) is 0. The highest BCUT2D eigenvalue weighted by Crippen LogP contribution is 2.39. The fraction of sp³-hybridized carbons (Fsp3) is 1.00. The van der Waals surface area contributed by atoms with Crippen molar-refractivity contribution >= 4 is 0 Å². The molecule has 0 aromatic carbocycles. The maximum atomic E-state index is 9.25.